The fourth-order valence-corrected chi connectivity index (χ4v) is 1.09. The second-order valence-corrected chi connectivity index (χ2v) is 3.88. The Bertz CT molecular complexity index is 396. The van der Waals surface area contributed by atoms with Crippen LogP contribution in [0.3, 0.4) is 0 Å². The lowest BCUT2D eigenvalue weighted by molar-refractivity contribution is 0.264. The number of nitrogens with zero attached hydrogens (tertiary/aromatic N) is 3. The average molecular weight is 252 g/mol. The standard InChI is InChI=1S/C12H20N4O2/c1-5-7-17-11-14-10(13-4)15-12(16-11)18-8-6-9(2)3/h2,5-8H2,1,3-4H3,(H,13,14,15,16). The van der Waals surface area contributed by atoms with Crippen LogP contribution in [0.4, 0.5) is 5.95 Å². The first-order valence-corrected chi connectivity index (χ1v) is 5.99. The van der Waals surface area contributed by atoms with E-state index in [9.17, 15) is 0 Å². The van der Waals surface area contributed by atoms with E-state index >= 15 is 0 Å². The Morgan fingerprint density at radius 1 is 1.17 bits per heavy atom. The van der Waals surface area contributed by atoms with Gasteiger partial charge in [0.2, 0.25) is 5.95 Å². The SMILES string of the molecule is C=C(C)CCOc1nc(NC)nc(OCCC)n1. The molecule has 0 radical (unpaired) electrons. The third-order valence-electron chi connectivity index (χ3n) is 2.01. The zero-order valence-corrected chi connectivity index (χ0v) is 11.2. The van der Waals surface area contributed by atoms with Crippen molar-refractivity contribution >= 4 is 5.95 Å². The maximum atomic E-state index is 5.44. The van der Waals surface area contributed by atoms with Gasteiger partial charge in [0, 0.05) is 13.5 Å². The molecule has 0 saturated heterocycles. The first-order chi connectivity index (χ1) is 8.65. The van der Waals surface area contributed by atoms with Crippen LogP contribution < -0.4 is 14.8 Å². The third-order valence-corrected chi connectivity index (χ3v) is 2.01. The highest BCUT2D eigenvalue weighted by Gasteiger charge is 2.07. The van der Waals surface area contributed by atoms with Crippen LogP contribution in [0.1, 0.15) is 26.7 Å². The molecule has 0 saturated carbocycles. The molecular weight excluding hydrogens is 232 g/mol. The van der Waals surface area contributed by atoms with Crippen LogP contribution in [0.25, 0.3) is 0 Å². The molecule has 18 heavy (non-hydrogen) atoms. The Kier molecular flexibility index (Phi) is 5.90. The van der Waals surface area contributed by atoms with Crippen molar-refractivity contribution in [3.8, 4) is 12.0 Å². The minimum atomic E-state index is 0.265. The van der Waals surface area contributed by atoms with Gasteiger partial charge in [0.05, 0.1) is 13.2 Å². The maximum absolute atomic E-state index is 5.44. The Hall–Kier alpha value is -1.85. The topological polar surface area (TPSA) is 69.2 Å². The van der Waals surface area contributed by atoms with Crippen molar-refractivity contribution in [2.45, 2.75) is 26.7 Å². The maximum Gasteiger partial charge on any atom is 0.324 e. The molecular formula is C12H20N4O2. The minimum Gasteiger partial charge on any atom is -0.463 e. The normalized spacial score (nSPS) is 9.94. The van der Waals surface area contributed by atoms with Crippen molar-refractivity contribution in [1.29, 1.82) is 0 Å². The van der Waals surface area contributed by atoms with Crippen LogP contribution in [-0.4, -0.2) is 35.2 Å². The predicted octanol–water partition coefficient (Wildman–Crippen LogP) is 2.05. The van der Waals surface area contributed by atoms with Crippen LogP contribution in [0, 0.1) is 0 Å². The molecule has 0 amide bonds. The highest BCUT2D eigenvalue weighted by Crippen LogP contribution is 2.13. The smallest absolute Gasteiger partial charge is 0.324 e. The highest BCUT2D eigenvalue weighted by atomic mass is 16.5. The quantitative estimate of drug-likeness (QED) is 0.714. The number of anilines is 1. The summed E-state index contributed by atoms with van der Waals surface area (Å²) in [5.74, 6) is 0.432. The lowest BCUT2D eigenvalue weighted by Crippen LogP contribution is -2.08. The van der Waals surface area contributed by atoms with Gasteiger partial charge in [-0.25, -0.2) is 0 Å². The van der Waals surface area contributed by atoms with E-state index in [1.807, 2.05) is 13.8 Å². The minimum absolute atomic E-state index is 0.265. The molecule has 100 valence electrons. The molecule has 0 aliphatic rings. The summed E-state index contributed by atoms with van der Waals surface area (Å²) in [6.07, 6.45) is 1.66. The van der Waals surface area contributed by atoms with Crippen molar-refractivity contribution in [1.82, 2.24) is 15.0 Å². The molecule has 0 aliphatic carbocycles. The summed E-state index contributed by atoms with van der Waals surface area (Å²) >= 11 is 0. The van der Waals surface area contributed by atoms with E-state index in [1.54, 1.807) is 7.05 Å². The van der Waals surface area contributed by atoms with Crippen LogP contribution in [0.5, 0.6) is 12.0 Å². The molecule has 1 heterocycles. The van der Waals surface area contributed by atoms with E-state index in [0.29, 0.717) is 19.2 Å². The molecule has 0 aromatic carbocycles. The summed E-state index contributed by atoms with van der Waals surface area (Å²) < 4.78 is 10.8. The van der Waals surface area contributed by atoms with Crippen LogP contribution in [-0.2, 0) is 0 Å². The highest BCUT2D eigenvalue weighted by molar-refractivity contribution is 5.26. The summed E-state index contributed by atoms with van der Waals surface area (Å²) in [5.41, 5.74) is 1.06. The van der Waals surface area contributed by atoms with E-state index in [1.165, 1.54) is 0 Å². The molecule has 6 heteroatoms. The molecule has 1 aromatic rings. The summed E-state index contributed by atoms with van der Waals surface area (Å²) in [6, 6.07) is 0.545. The molecule has 0 unspecified atom stereocenters. The number of hydrogen-bond acceptors (Lipinski definition) is 6. The Balaban J connectivity index is 2.67. The molecule has 1 aromatic heterocycles. The van der Waals surface area contributed by atoms with Crippen molar-refractivity contribution in [3.05, 3.63) is 12.2 Å². The van der Waals surface area contributed by atoms with Crippen LogP contribution in [0.15, 0.2) is 12.2 Å². The molecule has 0 fully saturated rings. The molecule has 1 N–H and O–H groups in total. The summed E-state index contributed by atoms with van der Waals surface area (Å²) in [7, 11) is 1.73. The second kappa shape index (κ2) is 7.47. The average Bonchev–Trinajstić information content (AvgIpc) is 2.35. The first-order valence-electron chi connectivity index (χ1n) is 5.99. The fraction of sp³-hybridized carbons (Fsp3) is 0.583. The van der Waals surface area contributed by atoms with E-state index in [-0.39, 0.29) is 12.0 Å². The van der Waals surface area contributed by atoms with Gasteiger partial charge in [0.25, 0.3) is 0 Å². The molecule has 0 atom stereocenters. The summed E-state index contributed by atoms with van der Waals surface area (Å²) in [5, 5.41) is 2.84. The number of ether oxygens (including phenoxy) is 2. The van der Waals surface area contributed by atoms with Gasteiger partial charge in [-0.3, -0.25) is 0 Å². The zero-order valence-electron chi connectivity index (χ0n) is 11.2. The van der Waals surface area contributed by atoms with Crippen molar-refractivity contribution < 1.29 is 9.47 Å². The molecule has 0 bridgehead atoms. The van der Waals surface area contributed by atoms with Gasteiger partial charge >= 0.3 is 12.0 Å². The lowest BCUT2D eigenvalue weighted by Gasteiger charge is -2.08. The number of rotatable bonds is 8. The van der Waals surface area contributed by atoms with E-state index in [4.69, 9.17) is 9.47 Å². The van der Waals surface area contributed by atoms with Gasteiger partial charge < -0.3 is 14.8 Å². The number of aromatic nitrogens is 3. The Labute approximate surface area is 107 Å². The third kappa shape index (κ3) is 4.99. The van der Waals surface area contributed by atoms with Gasteiger partial charge in [-0.05, 0) is 13.3 Å². The van der Waals surface area contributed by atoms with Crippen molar-refractivity contribution in [2.24, 2.45) is 0 Å². The van der Waals surface area contributed by atoms with Crippen LogP contribution in [0.2, 0.25) is 0 Å². The number of hydrogen-bond donors (Lipinski definition) is 1. The summed E-state index contributed by atoms with van der Waals surface area (Å²) in [4.78, 5) is 12.3. The van der Waals surface area contributed by atoms with E-state index in [2.05, 4.69) is 26.8 Å². The first kappa shape index (κ1) is 14.2. The largest absolute Gasteiger partial charge is 0.463 e. The molecule has 6 nitrogen and oxygen atoms in total. The molecule has 0 aliphatic heterocycles. The Morgan fingerprint density at radius 2 is 1.78 bits per heavy atom. The van der Waals surface area contributed by atoms with Gasteiger partial charge in [-0.15, -0.1) is 11.6 Å². The monoisotopic (exact) mass is 252 g/mol. The fourth-order valence-electron chi connectivity index (χ4n) is 1.09. The van der Waals surface area contributed by atoms with Crippen molar-refractivity contribution in [3.63, 3.8) is 0 Å². The Morgan fingerprint density at radius 3 is 2.28 bits per heavy atom. The molecule has 0 spiro atoms. The van der Waals surface area contributed by atoms with Crippen molar-refractivity contribution in [2.75, 3.05) is 25.6 Å². The van der Waals surface area contributed by atoms with E-state index in [0.717, 1.165) is 18.4 Å². The van der Waals surface area contributed by atoms with Crippen LogP contribution >= 0.6 is 0 Å². The summed E-state index contributed by atoms with van der Waals surface area (Å²) in [6.45, 7) is 8.84. The van der Waals surface area contributed by atoms with Gasteiger partial charge in [0.1, 0.15) is 0 Å². The van der Waals surface area contributed by atoms with E-state index < -0.39 is 0 Å². The number of nitrogens with one attached hydrogen (secondary N) is 1. The second-order valence-electron chi connectivity index (χ2n) is 3.88. The predicted molar refractivity (Wildman–Crippen MR) is 70.1 cm³/mol. The molecule has 1 rings (SSSR count). The van der Waals surface area contributed by atoms with Gasteiger partial charge in [-0.1, -0.05) is 12.5 Å². The van der Waals surface area contributed by atoms with Gasteiger partial charge in [0.15, 0.2) is 0 Å². The zero-order chi connectivity index (χ0) is 13.4. The van der Waals surface area contributed by atoms with Gasteiger partial charge in [-0.2, -0.15) is 9.97 Å². The lowest BCUT2D eigenvalue weighted by atomic mass is 10.3.